The number of benzene rings is 1. The molecule has 5 rings (SSSR count). The predicted octanol–water partition coefficient (Wildman–Crippen LogP) is 4.60. The number of nitro benzene ring substituents is 1. The number of hydrogen-bond donors (Lipinski definition) is 0. The summed E-state index contributed by atoms with van der Waals surface area (Å²) < 4.78 is 21.7. The summed E-state index contributed by atoms with van der Waals surface area (Å²) in [6, 6.07) is 7.29. The van der Waals surface area contributed by atoms with Crippen molar-refractivity contribution in [3.63, 3.8) is 0 Å². The zero-order valence-corrected chi connectivity index (χ0v) is 22.9. The largest absolute Gasteiger partial charge is 0.472 e. The van der Waals surface area contributed by atoms with Gasteiger partial charge in [-0.3, -0.25) is 24.5 Å². The first kappa shape index (κ1) is 28.3. The topological polar surface area (TPSA) is 152 Å². The molecule has 1 saturated heterocycles. The Kier molecular flexibility index (Phi) is 7.31. The van der Waals surface area contributed by atoms with Crippen LogP contribution < -0.4 is 0 Å². The second kappa shape index (κ2) is 10.6. The van der Waals surface area contributed by atoms with Gasteiger partial charge in [-0.05, 0) is 59.9 Å². The van der Waals surface area contributed by atoms with Crippen LogP contribution in [0.5, 0.6) is 0 Å². The fraction of sp³-hybridized carbons (Fsp3) is 0.467. The summed E-state index contributed by atoms with van der Waals surface area (Å²) in [5.41, 5.74) is -0.595. The van der Waals surface area contributed by atoms with E-state index >= 15 is 0 Å². The summed E-state index contributed by atoms with van der Waals surface area (Å²) in [7, 11) is 1.28. The molecule has 7 atom stereocenters. The smallest absolute Gasteiger partial charge is 0.331 e. The van der Waals surface area contributed by atoms with E-state index in [4.69, 9.17) is 18.6 Å². The number of carbonyl (C=O) groups excluding carboxylic acids is 4. The molecule has 216 valence electrons. The molecule has 1 aromatic heterocycles. The van der Waals surface area contributed by atoms with Crippen LogP contribution in [0, 0.1) is 38.7 Å². The van der Waals surface area contributed by atoms with Gasteiger partial charge in [-0.25, -0.2) is 4.79 Å². The molecule has 11 nitrogen and oxygen atoms in total. The average Bonchev–Trinajstić information content (AvgIpc) is 3.48. The van der Waals surface area contributed by atoms with Gasteiger partial charge in [0.05, 0.1) is 36.4 Å². The Morgan fingerprint density at radius 2 is 1.85 bits per heavy atom. The van der Waals surface area contributed by atoms with Gasteiger partial charge in [0.2, 0.25) is 0 Å². The number of non-ortho nitro benzene ring substituents is 1. The maximum Gasteiger partial charge on any atom is 0.331 e. The number of rotatable bonds is 6. The average molecular weight is 566 g/mol. The van der Waals surface area contributed by atoms with Crippen molar-refractivity contribution >= 4 is 35.5 Å². The third-order valence-electron chi connectivity index (χ3n) is 9.28. The quantitative estimate of drug-likeness (QED) is 0.160. The maximum absolute atomic E-state index is 14.2. The minimum atomic E-state index is -1.23. The molecule has 2 saturated carbocycles. The summed E-state index contributed by atoms with van der Waals surface area (Å²) >= 11 is 0. The summed E-state index contributed by atoms with van der Waals surface area (Å²) in [5, 5.41) is 10.9. The van der Waals surface area contributed by atoms with E-state index in [1.54, 1.807) is 6.07 Å². The van der Waals surface area contributed by atoms with E-state index in [2.05, 4.69) is 0 Å². The first-order valence-electron chi connectivity index (χ1n) is 13.4. The Labute approximate surface area is 236 Å². The molecular weight excluding hydrogens is 534 g/mol. The van der Waals surface area contributed by atoms with Crippen molar-refractivity contribution in [2.45, 2.75) is 51.7 Å². The van der Waals surface area contributed by atoms with Crippen molar-refractivity contribution in [3.8, 4) is 0 Å². The summed E-state index contributed by atoms with van der Waals surface area (Å²) in [5.74, 6) is -4.13. The molecule has 0 amide bonds. The lowest BCUT2D eigenvalue weighted by atomic mass is 9.43. The standard InChI is InChI=1S/C30H31NO10/c1-29-12-10-20-28(35)41-23(18-11-13-39-16-18)15-30(20,2)26(29)25(33)22(14-21(29)27(34)38-3)40-24(32)9-6-17-4-7-19(8-5-17)31(36)37/h4-9,11,13,16,20-23,26H,10,12,14-15H2,1-3H3/b9-6+/t20-,21-,22-,23-,26-,29-,30-/m0/s1. The number of furan rings is 1. The van der Waals surface area contributed by atoms with Crippen LogP contribution >= 0.6 is 0 Å². The fourth-order valence-electron chi connectivity index (χ4n) is 7.31. The summed E-state index contributed by atoms with van der Waals surface area (Å²) in [6.45, 7) is 3.77. The number of cyclic esters (lactones) is 1. The minimum absolute atomic E-state index is 0.0357. The number of fused-ring (bicyclic) bond motifs is 3. The van der Waals surface area contributed by atoms with Crippen molar-refractivity contribution in [3.05, 3.63) is 70.2 Å². The number of ketones is 1. The zero-order valence-electron chi connectivity index (χ0n) is 22.9. The highest BCUT2D eigenvalue weighted by molar-refractivity contribution is 5.95. The Morgan fingerprint density at radius 1 is 1.12 bits per heavy atom. The summed E-state index contributed by atoms with van der Waals surface area (Å²) in [4.78, 5) is 63.7. The van der Waals surface area contributed by atoms with Crippen LogP contribution in [0.4, 0.5) is 5.69 Å². The van der Waals surface area contributed by atoms with Crippen LogP contribution in [0.2, 0.25) is 0 Å². The number of hydrogen-bond acceptors (Lipinski definition) is 10. The van der Waals surface area contributed by atoms with E-state index < -0.39 is 63.6 Å². The monoisotopic (exact) mass is 565 g/mol. The number of ether oxygens (including phenoxy) is 3. The highest BCUT2D eigenvalue weighted by Gasteiger charge is 2.67. The molecule has 41 heavy (non-hydrogen) atoms. The molecule has 0 radical (unpaired) electrons. The Bertz CT molecular complexity index is 1400. The molecule has 2 aliphatic carbocycles. The van der Waals surface area contributed by atoms with Crippen LogP contribution in [-0.4, -0.2) is 41.8 Å². The molecule has 11 heteroatoms. The van der Waals surface area contributed by atoms with E-state index in [-0.39, 0.29) is 17.9 Å². The number of methoxy groups -OCH3 is 1. The van der Waals surface area contributed by atoms with Crippen LogP contribution in [0.3, 0.4) is 0 Å². The lowest BCUT2D eigenvalue weighted by molar-refractivity contribution is -0.384. The van der Waals surface area contributed by atoms with Gasteiger partial charge in [-0.1, -0.05) is 13.8 Å². The normalized spacial score (nSPS) is 32.9. The van der Waals surface area contributed by atoms with Crippen molar-refractivity contribution < 1.29 is 42.7 Å². The Balaban J connectivity index is 1.44. The molecule has 0 N–H and O–H groups in total. The molecule has 2 heterocycles. The Morgan fingerprint density at radius 3 is 2.49 bits per heavy atom. The van der Waals surface area contributed by atoms with Crippen LogP contribution in [0.1, 0.15) is 56.8 Å². The highest BCUT2D eigenvalue weighted by Crippen LogP contribution is 2.65. The van der Waals surface area contributed by atoms with Gasteiger partial charge in [0.25, 0.3) is 5.69 Å². The third-order valence-corrected chi connectivity index (χ3v) is 9.28. The molecule has 3 aliphatic rings. The summed E-state index contributed by atoms with van der Waals surface area (Å²) in [6.07, 6.45) is 4.87. The molecule has 2 aromatic rings. The molecule has 0 spiro atoms. The van der Waals surface area contributed by atoms with E-state index in [1.807, 2.05) is 13.8 Å². The second-order valence-electron chi connectivity index (χ2n) is 11.5. The Hall–Kier alpha value is -4.28. The van der Waals surface area contributed by atoms with Crippen molar-refractivity contribution in [2.24, 2.45) is 28.6 Å². The number of Topliss-reactive ketones (excluding diaryl/α,β-unsaturated/α-hetero) is 1. The van der Waals surface area contributed by atoms with Crippen LogP contribution in [0.25, 0.3) is 6.08 Å². The maximum atomic E-state index is 14.2. The van der Waals surface area contributed by atoms with Crippen molar-refractivity contribution in [1.29, 1.82) is 0 Å². The SMILES string of the molecule is COC(=O)[C@@H]1C[C@H](OC(=O)/C=C/c2ccc([N+](=O)[O-])cc2)C(=O)[C@H]2[C@@]1(C)CC[C@H]1C(=O)O[C@H](c3ccoc3)C[C@]21C. The van der Waals surface area contributed by atoms with Gasteiger partial charge in [0, 0.05) is 36.1 Å². The number of nitro groups is 1. The van der Waals surface area contributed by atoms with E-state index in [0.717, 1.165) is 6.08 Å². The van der Waals surface area contributed by atoms with Crippen LogP contribution in [-0.2, 0) is 33.4 Å². The van der Waals surface area contributed by atoms with E-state index in [0.29, 0.717) is 30.4 Å². The first-order chi connectivity index (χ1) is 19.5. The first-order valence-corrected chi connectivity index (χ1v) is 13.4. The predicted molar refractivity (Wildman–Crippen MR) is 142 cm³/mol. The molecule has 3 fully saturated rings. The molecular formula is C30H31NO10. The van der Waals surface area contributed by atoms with E-state index in [9.17, 15) is 29.3 Å². The minimum Gasteiger partial charge on any atom is -0.472 e. The number of carbonyl (C=O) groups is 4. The van der Waals surface area contributed by atoms with Crippen LogP contribution in [0.15, 0.2) is 53.4 Å². The fourth-order valence-corrected chi connectivity index (χ4v) is 7.31. The number of nitrogens with zero attached hydrogens (tertiary/aromatic N) is 1. The highest BCUT2D eigenvalue weighted by atomic mass is 16.6. The van der Waals surface area contributed by atoms with E-state index in [1.165, 1.54) is 50.0 Å². The van der Waals surface area contributed by atoms with Gasteiger partial charge >= 0.3 is 17.9 Å². The second-order valence-corrected chi connectivity index (χ2v) is 11.5. The van der Waals surface area contributed by atoms with Crippen molar-refractivity contribution in [2.75, 3.05) is 7.11 Å². The molecule has 0 unspecified atom stereocenters. The van der Waals surface area contributed by atoms with Gasteiger partial charge in [-0.15, -0.1) is 0 Å². The lowest BCUT2D eigenvalue weighted by Gasteiger charge is -2.60. The van der Waals surface area contributed by atoms with Gasteiger partial charge in [0.1, 0.15) is 6.10 Å². The molecule has 0 bridgehead atoms. The molecule has 1 aromatic carbocycles. The number of esters is 3. The molecule has 1 aliphatic heterocycles. The van der Waals surface area contributed by atoms with Crippen molar-refractivity contribution in [1.82, 2.24) is 0 Å². The van der Waals surface area contributed by atoms with Gasteiger partial charge in [-0.2, -0.15) is 0 Å². The third kappa shape index (κ3) is 4.93. The lowest BCUT2D eigenvalue weighted by Crippen LogP contribution is -2.64. The van der Waals surface area contributed by atoms with Gasteiger partial charge < -0.3 is 18.6 Å². The van der Waals surface area contributed by atoms with Gasteiger partial charge in [0.15, 0.2) is 11.9 Å². The zero-order chi connectivity index (χ0) is 29.5.